The normalized spacial score (nSPS) is 19.7. The van der Waals surface area contributed by atoms with Gasteiger partial charge in [-0.15, -0.1) is 10.2 Å². The van der Waals surface area contributed by atoms with Crippen LogP contribution in [0.25, 0.3) is 0 Å². The van der Waals surface area contributed by atoms with Gasteiger partial charge in [-0.2, -0.15) is 0 Å². The topological polar surface area (TPSA) is 80.1 Å². The van der Waals surface area contributed by atoms with E-state index in [1.165, 1.54) is 6.42 Å². The van der Waals surface area contributed by atoms with Crippen LogP contribution < -0.4 is 10.2 Å². The number of carbonyl (C=O) groups is 2. The van der Waals surface area contributed by atoms with Gasteiger partial charge in [-0.05, 0) is 31.9 Å². The molecule has 1 unspecified atom stereocenters. The average Bonchev–Trinajstić information content (AvgIpc) is 3.15. The van der Waals surface area contributed by atoms with Crippen LogP contribution in [0.2, 0.25) is 0 Å². The number of hydrogen-bond acceptors (Lipinski definition) is 4. The number of rotatable bonds is 4. The quantitative estimate of drug-likeness (QED) is 0.896. The van der Waals surface area contributed by atoms with E-state index in [4.69, 9.17) is 0 Å². The second-order valence-corrected chi connectivity index (χ2v) is 7.45. The Hall–Kier alpha value is -2.70. The van der Waals surface area contributed by atoms with Crippen molar-refractivity contribution >= 4 is 17.5 Å². The molecule has 7 heteroatoms. The monoisotopic (exact) mass is 367 g/mol. The maximum absolute atomic E-state index is 12.6. The third kappa shape index (κ3) is 3.72. The van der Waals surface area contributed by atoms with Gasteiger partial charge in [-0.25, -0.2) is 0 Å². The molecule has 0 saturated carbocycles. The number of anilines is 1. The van der Waals surface area contributed by atoms with Crippen LogP contribution in [0.4, 0.5) is 5.69 Å². The lowest BCUT2D eigenvalue weighted by Gasteiger charge is -2.17. The molecule has 1 aromatic carbocycles. The van der Waals surface area contributed by atoms with Gasteiger partial charge in [0.1, 0.15) is 5.82 Å². The fourth-order valence-corrected chi connectivity index (χ4v) is 3.84. The summed E-state index contributed by atoms with van der Waals surface area (Å²) in [6, 6.07) is 7.82. The van der Waals surface area contributed by atoms with Gasteiger partial charge in [-0.3, -0.25) is 9.59 Å². The average molecular weight is 367 g/mol. The largest absolute Gasteiger partial charge is 0.348 e. The number of aromatic nitrogens is 3. The minimum Gasteiger partial charge on any atom is -0.348 e. The number of carbonyl (C=O) groups excluding carboxylic acids is 2. The van der Waals surface area contributed by atoms with E-state index in [2.05, 4.69) is 20.1 Å². The zero-order valence-electron chi connectivity index (χ0n) is 15.6. The van der Waals surface area contributed by atoms with Crippen molar-refractivity contribution in [1.82, 2.24) is 20.1 Å². The molecule has 7 nitrogen and oxygen atoms in total. The van der Waals surface area contributed by atoms with Gasteiger partial charge in [-0.1, -0.05) is 24.1 Å². The molecule has 1 aromatic heterocycles. The smallest absolute Gasteiger partial charge is 0.227 e. The predicted molar refractivity (Wildman–Crippen MR) is 101 cm³/mol. The Bertz CT molecular complexity index is 843. The van der Waals surface area contributed by atoms with Crippen molar-refractivity contribution in [2.75, 3.05) is 11.4 Å². The summed E-state index contributed by atoms with van der Waals surface area (Å²) >= 11 is 0. The molecule has 4 rings (SSSR count). The second kappa shape index (κ2) is 7.50. The van der Waals surface area contributed by atoms with Gasteiger partial charge >= 0.3 is 0 Å². The molecule has 2 aliphatic heterocycles. The van der Waals surface area contributed by atoms with Crippen LogP contribution in [0.1, 0.15) is 42.9 Å². The Morgan fingerprint density at radius 3 is 2.81 bits per heavy atom. The van der Waals surface area contributed by atoms with Crippen LogP contribution in [0.3, 0.4) is 0 Å². The van der Waals surface area contributed by atoms with Crippen molar-refractivity contribution in [3.05, 3.63) is 41.5 Å². The highest BCUT2D eigenvalue weighted by atomic mass is 16.2. The van der Waals surface area contributed by atoms with Crippen molar-refractivity contribution in [3.8, 4) is 0 Å². The highest BCUT2D eigenvalue weighted by Gasteiger charge is 2.35. The molecule has 27 heavy (non-hydrogen) atoms. The maximum atomic E-state index is 12.6. The Labute approximate surface area is 158 Å². The number of hydrogen-bond donors (Lipinski definition) is 1. The van der Waals surface area contributed by atoms with Crippen LogP contribution in [0, 0.1) is 12.8 Å². The number of aryl methyl sites for hydroxylation is 2. The lowest BCUT2D eigenvalue weighted by atomic mass is 10.1. The molecule has 0 aliphatic carbocycles. The zero-order chi connectivity index (χ0) is 18.8. The van der Waals surface area contributed by atoms with Crippen LogP contribution >= 0.6 is 0 Å². The summed E-state index contributed by atoms with van der Waals surface area (Å²) in [4.78, 5) is 26.7. The number of amides is 2. The molecule has 2 aromatic rings. The first kappa shape index (κ1) is 17.7. The fourth-order valence-electron chi connectivity index (χ4n) is 3.84. The minimum atomic E-state index is -0.328. The van der Waals surface area contributed by atoms with Crippen LogP contribution in [0.5, 0.6) is 0 Å². The third-order valence-corrected chi connectivity index (χ3v) is 5.45. The van der Waals surface area contributed by atoms with E-state index in [-0.39, 0.29) is 24.2 Å². The van der Waals surface area contributed by atoms with E-state index in [0.717, 1.165) is 48.7 Å². The summed E-state index contributed by atoms with van der Waals surface area (Å²) < 4.78 is 2.13. The Kier molecular flexibility index (Phi) is 4.92. The molecule has 2 amide bonds. The molecule has 2 aliphatic rings. The molecule has 1 fully saturated rings. The van der Waals surface area contributed by atoms with Gasteiger partial charge in [0.15, 0.2) is 5.82 Å². The highest BCUT2D eigenvalue weighted by molar-refractivity contribution is 6.00. The molecule has 0 spiro atoms. The Morgan fingerprint density at radius 2 is 2.00 bits per heavy atom. The van der Waals surface area contributed by atoms with E-state index >= 15 is 0 Å². The van der Waals surface area contributed by atoms with Crippen LogP contribution in [-0.2, 0) is 29.1 Å². The summed E-state index contributed by atoms with van der Waals surface area (Å²) in [5, 5.41) is 11.5. The van der Waals surface area contributed by atoms with Crippen LogP contribution in [0.15, 0.2) is 24.3 Å². The molecule has 1 N–H and O–H groups in total. The molecule has 142 valence electrons. The number of benzene rings is 1. The SMILES string of the molecule is Cc1ccc(N2CC(C(=O)NCc3nnc4n3CCCCC4)CC2=O)cc1. The van der Waals surface area contributed by atoms with Crippen molar-refractivity contribution in [1.29, 1.82) is 0 Å². The summed E-state index contributed by atoms with van der Waals surface area (Å²) in [5.74, 6) is 1.39. The van der Waals surface area contributed by atoms with Gasteiger partial charge in [0.05, 0.1) is 12.5 Å². The molecule has 1 saturated heterocycles. The van der Waals surface area contributed by atoms with Crippen molar-refractivity contribution in [2.45, 2.75) is 52.1 Å². The molecule has 0 bridgehead atoms. The Balaban J connectivity index is 1.37. The first-order valence-electron chi connectivity index (χ1n) is 9.67. The molecule has 3 heterocycles. The third-order valence-electron chi connectivity index (χ3n) is 5.45. The summed E-state index contributed by atoms with van der Waals surface area (Å²) in [6.07, 6.45) is 4.66. The van der Waals surface area contributed by atoms with E-state index in [1.54, 1.807) is 4.90 Å². The van der Waals surface area contributed by atoms with Gasteiger partial charge in [0.2, 0.25) is 11.8 Å². The Morgan fingerprint density at radius 1 is 1.19 bits per heavy atom. The number of fused-ring (bicyclic) bond motifs is 1. The number of nitrogens with zero attached hydrogens (tertiary/aromatic N) is 4. The molecular weight excluding hydrogens is 342 g/mol. The summed E-state index contributed by atoms with van der Waals surface area (Å²) in [6.45, 7) is 3.71. The standard InChI is InChI=1S/C20H25N5O2/c1-14-6-8-16(9-7-14)25-13-15(11-19(25)26)20(27)21-12-18-23-22-17-5-3-2-4-10-24(17)18/h6-9,15H,2-5,10-13H2,1H3,(H,21,27). The van der Waals surface area contributed by atoms with Crippen molar-refractivity contribution < 1.29 is 9.59 Å². The zero-order valence-corrected chi connectivity index (χ0v) is 15.6. The predicted octanol–water partition coefficient (Wildman–Crippen LogP) is 1.98. The lowest BCUT2D eigenvalue weighted by molar-refractivity contribution is -0.126. The van der Waals surface area contributed by atoms with E-state index in [9.17, 15) is 9.59 Å². The van der Waals surface area contributed by atoms with E-state index in [0.29, 0.717) is 13.1 Å². The molecule has 0 radical (unpaired) electrons. The lowest BCUT2D eigenvalue weighted by Crippen LogP contribution is -2.33. The van der Waals surface area contributed by atoms with Crippen molar-refractivity contribution in [3.63, 3.8) is 0 Å². The molecule has 1 atom stereocenters. The van der Waals surface area contributed by atoms with Gasteiger partial charge < -0.3 is 14.8 Å². The minimum absolute atomic E-state index is 0.00431. The fraction of sp³-hybridized carbons (Fsp3) is 0.500. The van der Waals surface area contributed by atoms with E-state index in [1.807, 2.05) is 31.2 Å². The second-order valence-electron chi connectivity index (χ2n) is 7.45. The van der Waals surface area contributed by atoms with Crippen molar-refractivity contribution in [2.24, 2.45) is 5.92 Å². The first-order valence-corrected chi connectivity index (χ1v) is 9.67. The van der Waals surface area contributed by atoms with Gasteiger partial charge in [0.25, 0.3) is 0 Å². The van der Waals surface area contributed by atoms with E-state index < -0.39 is 0 Å². The maximum Gasteiger partial charge on any atom is 0.227 e. The number of nitrogens with one attached hydrogen (secondary N) is 1. The van der Waals surface area contributed by atoms with Crippen LogP contribution in [-0.4, -0.2) is 33.1 Å². The summed E-state index contributed by atoms with van der Waals surface area (Å²) in [5.41, 5.74) is 2.00. The first-order chi connectivity index (χ1) is 13.1. The summed E-state index contributed by atoms with van der Waals surface area (Å²) in [7, 11) is 0. The van der Waals surface area contributed by atoms with Gasteiger partial charge in [0, 0.05) is 31.6 Å². The highest BCUT2D eigenvalue weighted by Crippen LogP contribution is 2.25. The molecular formula is C20H25N5O2.